The van der Waals surface area contributed by atoms with Crippen LogP contribution in [0.3, 0.4) is 0 Å². The fourth-order valence-electron chi connectivity index (χ4n) is 3.73. The molecule has 0 aliphatic rings. The molecular formula is C24H22F3N7O3. The summed E-state index contributed by atoms with van der Waals surface area (Å²) in [4.78, 5) is 29.5. The highest BCUT2D eigenvalue weighted by molar-refractivity contribution is 5.92. The van der Waals surface area contributed by atoms with Crippen LogP contribution in [-0.2, 0) is 17.7 Å². The molecule has 3 heterocycles. The van der Waals surface area contributed by atoms with Crippen LogP contribution < -0.4 is 10.9 Å². The minimum atomic E-state index is -3.55. The lowest BCUT2D eigenvalue weighted by atomic mass is 10.00. The van der Waals surface area contributed by atoms with Crippen molar-refractivity contribution in [3.63, 3.8) is 0 Å². The Bertz CT molecular complexity index is 1500. The van der Waals surface area contributed by atoms with Crippen LogP contribution >= 0.6 is 0 Å². The first-order valence-corrected chi connectivity index (χ1v) is 11.0. The van der Waals surface area contributed by atoms with Gasteiger partial charge in [-0.2, -0.15) is 18.6 Å². The van der Waals surface area contributed by atoms with Gasteiger partial charge in [-0.05, 0) is 25.1 Å². The van der Waals surface area contributed by atoms with Crippen LogP contribution in [0.2, 0.25) is 0 Å². The monoisotopic (exact) mass is 513 g/mol. The Kier molecular flexibility index (Phi) is 7.16. The summed E-state index contributed by atoms with van der Waals surface area (Å²) in [5.74, 6) is -5.44. The topological polar surface area (TPSA) is 117 Å². The van der Waals surface area contributed by atoms with E-state index in [1.165, 1.54) is 42.2 Å². The maximum Gasteiger partial charge on any atom is 0.298 e. The van der Waals surface area contributed by atoms with Crippen molar-refractivity contribution in [1.82, 2.24) is 35.1 Å². The molecule has 1 amide bonds. The number of ether oxygens (including phenoxy) is 1. The van der Waals surface area contributed by atoms with Crippen LogP contribution in [0.15, 0.2) is 59.8 Å². The van der Waals surface area contributed by atoms with Crippen LogP contribution in [0.1, 0.15) is 34.6 Å². The van der Waals surface area contributed by atoms with Gasteiger partial charge in [0.25, 0.3) is 17.4 Å². The normalized spacial score (nSPS) is 12.4. The molecule has 0 unspecified atom stereocenters. The van der Waals surface area contributed by atoms with E-state index in [-0.39, 0.29) is 16.9 Å². The number of alkyl halides is 2. The lowest BCUT2D eigenvalue weighted by Crippen LogP contribution is -2.31. The lowest BCUT2D eigenvalue weighted by molar-refractivity contribution is -0.0722. The molecule has 0 fully saturated rings. The molecule has 4 aromatic rings. The highest BCUT2D eigenvalue weighted by Gasteiger charge is 2.36. The van der Waals surface area contributed by atoms with Gasteiger partial charge in [0.1, 0.15) is 18.1 Å². The zero-order valence-corrected chi connectivity index (χ0v) is 20.0. The van der Waals surface area contributed by atoms with Gasteiger partial charge in [0.05, 0.1) is 35.4 Å². The average molecular weight is 513 g/mol. The number of benzene rings is 1. The van der Waals surface area contributed by atoms with E-state index in [1.54, 1.807) is 19.3 Å². The summed E-state index contributed by atoms with van der Waals surface area (Å²) in [5, 5.41) is 14.3. The Hall–Kier alpha value is -4.39. The summed E-state index contributed by atoms with van der Waals surface area (Å²) < 4.78 is 50.5. The molecule has 192 valence electrons. The largest absolute Gasteiger partial charge is 0.378 e. The highest BCUT2D eigenvalue weighted by atomic mass is 19.3. The van der Waals surface area contributed by atoms with Crippen LogP contribution in [0.25, 0.3) is 16.9 Å². The summed E-state index contributed by atoms with van der Waals surface area (Å²) >= 11 is 0. The first-order valence-electron chi connectivity index (χ1n) is 11.0. The van der Waals surface area contributed by atoms with Gasteiger partial charge in [0.15, 0.2) is 0 Å². The Morgan fingerprint density at radius 1 is 1.19 bits per heavy atom. The number of aryl methyl sites for hydroxylation is 1. The molecule has 0 aliphatic carbocycles. The van der Waals surface area contributed by atoms with E-state index in [1.807, 2.05) is 0 Å². The number of nitrogens with one attached hydrogen (secondary N) is 1. The summed E-state index contributed by atoms with van der Waals surface area (Å²) in [6.07, 6.45) is 4.49. The predicted molar refractivity (Wildman–Crippen MR) is 126 cm³/mol. The number of nitrogens with zero attached hydrogens (tertiary/aromatic N) is 6. The molecule has 10 nitrogen and oxygen atoms in total. The fraction of sp³-hybridized carbons (Fsp3) is 0.250. The number of methoxy groups -OCH3 is 1. The van der Waals surface area contributed by atoms with E-state index in [4.69, 9.17) is 0 Å². The van der Waals surface area contributed by atoms with Gasteiger partial charge in [-0.1, -0.05) is 17.3 Å². The SMILES string of the molecule is COCC(F)(F)c1cccc([C@@H](C)NC(=O)c2ccc(=O)n(-c3cncc(-c4cnnn4C)c3)n2)c1F. The third-order valence-corrected chi connectivity index (χ3v) is 5.57. The van der Waals surface area contributed by atoms with E-state index < -0.39 is 41.4 Å². The van der Waals surface area contributed by atoms with Crippen molar-refractivity contribution in [3.05, 3.63) is 88.0 Å². The Balaban J connectivity index is 1.60. The molecule has 0 aliphatic heterocycles. The molecule has 37 heavy (non-hydrogen) atoms. The number of amides is 1. The summed E-state index contributed by atoms with van der Waals surface area (Å²) in [6.45, 7) is 0.451. The van der Waals surface area contributed by atoms with E-state index in [0.29, 0.717) is 11.3 Å². The molecular weight excluding hydrogens is 491 g/mol. The second kappa shape index (κ2) is 10.3. The lowest BCUT2D eigenvalue weighted by Gasteiger charge is -2.20. The van der Waals surface area contributed by atoms with Crippen molar-refractivity contribution in [2.24, 2.45) is 7.05 Å². The van der Waals surface area contributed by atoms with Crippen molar-refractivity contribution >= 4 is 5.91 Å². The number of rotatable bonds is 8. The Morgan fingerprint density at radius 2 is 1.97 bits per heavy atom. The molecule has 1 aromatic carbocycles. The Labute approximate surface area is 208 Å². The number of hydrogen-bond acceptors (Lipinski definition) is 7. The molecule has 0 saturated carbocycles. The standard InChI is InChI=1S/C24H22F3N7O3/c1-14(17-5-4-6-18(22(17)25)24(26,27)13-37-3)30-23(36)19-7-8-21(35)34(31-19)16-9-15(10-28-11-16)20-12-29-32-33(20)2/h4-12,14H,13H2,1-3H3,(H,30,36)/t14-/m1/s1. The maximum absolute atomic E-state index is 15.0. The van der Waals surface area contributed by atoms with E-state index in [2.05, 4.69) is 30.4 Å². The van der Waals surface area contributed by atoms with Crippen LogP contribution in [0, 0.1) is 5.82 Å². The molecule has 4 rings (SSSR count). The summed E-state index contributed by atoms with van der Waals surface area (Å²) in [5.41, 5.74) is -0.114. The quantitative estimate of drug-likeness (QED) is 0.385. The average Bonchev–Trinajstić information content (AvgIpc) is 3.30. The third-order valence-electron chi connectivity index (χ3n) is 5.57. The molecule has 0 bridgehead atoms. The summed E-state index contributed by atoms with van der Waals surface area (Å²) in [6, 6.07) is 6.54. The number of halogens is 3. The van der Waals surface area contributed by atoms with Crippen molar-refractivity contribution in [2.75, 3.05) is 13.7 Å². The van der Waals surface area contributed by atoms with Crippen LogP contribution in [0.5, 0.6) is 0 Å². The van der Waals surface area contributed by atoms with Crippen molar-refractivity contribution < 1.29 is 22.7 Å². The minimum Gasteiger partial charge on any atom is -0.378 e. The van der Waals surface area contributed by atoms with E-state index in [9.17, 15) is 22.8 Å². The summed E-state index contributed by atoms with van der Waals surface area (Å²) in [7, 11) is 2.79. The number of carbonyl (C=O) groups is 1. The predicted octanol–water partition coefficient (Wildman–Crippen LogP) is 2.79. The van der Waals surface area contributed by atoms with Gasteiger partial charge in [0.2, 0.25) is 0 Å². The Morgan fingerprint density at radius 3 is 2.68 bits per heavy atom. The van der Waals surface area contributed by atoms with Crippen LogP contribution in [0.4, 0.5) is 13.2 Å². The zero-order chi connectivity index (χ0) is 26.7. The molecule has 1 N–H and O–H groups in total. The number of carbonyl (C=O) groups excluding carboxylic acids is 1. The number of pyridine rings is 1. The van der Waals surface area contributed by atoms with Gasteiger partial charge < -0.3 is 10.1 Å². The molecule has 0 saturated heterocycles. The minimum absolute atomic E-state index is 0.142. The number of hydrogen-bond donors (Lipinski definition) is 1. The van der Waals surface area contributed by atoms with E-state index >= 15 is 0 Å². The smallest absolute Gasteiger partial charge is 0.298 e. The zero-order valence-electron chi connectivity index (χ0n) is 20.0. The van der Waals surface area contributed by atoms with Gasteiger partial charge in [-0.15, -0.1) is 5.10 Å². The fourth-order valence-corrected chi connectivity index (χ4v) is 3.73. The van der Waals surface area contributed by atoms with Gasteiger partial charge in [-0.3, -0.25) is 14.6 Å². The molecule has 3 aromatic heterocycles. The number of aromatic nitrogens is 6. The molecule has 0 radical (unpaired) electrons. The second-order valence-corrected chi connectivity index (χ2v) is 8.18. The van der Waals surface area contributed by atoms with Crippen molar-refractivity contribution in [2.45, 2.75) is 18.9 Å². The van der Waals surface area contributed by atoms with E-state index in [0.717, 1.165) is 23.9 Å². The second-order valence-electron chi connectivity index (χ2n) is 8.18. The first-order chi connectivity index (χ1) is 17.6. The van der Waals surface area contributed by atoms with Gasteiger partial charge in [-0.25, -0.2) is 9.07 Å². The molecule has 0 spiro atoms. The molecule has 13 heteroatoms. The highest BCUT2D eigenvalue weighted by Crippen LogP contribution is 2.33. The molecule has 1 atom stereocenters. The van der Waals surface area contributed by atoms with Gasteiger partial charge in [0, 0.05) is 37.5 Å². The first kappa shape index (κ1) is 25.7. The van der Waals surface area contributed by atoms with Crippen molar-refractivity contribution in [1.29, 1.82) is 0 Å². The third kappa shape index (κ3) is 5.26. The van der Waals surface area contributed by atoms with Crippen LogP contribution in [-0.4, -0.2) is 49.4 Å². The van der Waals surface area contributed by atoms with Crippen molar-refractivity contribution in [3.8, 4) is 16.9 Å². The van der Waals surface area contributed by atoms with Gasteiger partial charge >= 0.3 is 0 Å². The maximum atomic E-state index is 15.0.